The van der Waals surface area contributed by atoms with Gasteiger partial charge in [-0.2, -0.15) is 5.10 Å². The van der Waals surface area contributed by atoms with E-state index in [0.717, 1.165) is 17.0 Å². The quantitative estimate of drug-likeness (QED) is 0.671. The molecule has 0 aliphatic carbocycles. The highest BCUT2D eigenvalue weighted by Crippen LogP contribution is 2.20. The number of rotatable bonds is 5. The third-order valence-corrected chi connectivity index (χ3v) is 3.45. The molecular weight excluding hydrogens is 306 g/mol. The highest BCUT2D eigenvalue weighted by Gasteiger charge is 2.11. The lowest BCUT2D eigenvalue weighted by atomic mass is 10.2. The maximum Gasteiger partial charge on any atom is 0.319 e. The lowest BCUT2D eigenvalue weighted by Gasteiger charge is -2.13. The van der Waals surface area contributed by atoms with Gasteiger partial charge in [0.05, 0.1) is 11.9 Å². The minimum atomic E-state index is -0.265. The molecule has 0 radical (unpaired) electrons. The van der Waals surface area contributed by atoms with E-state index in [-0.39, 0.29) is 12.1 Å². The van der Waals surface area contributed by atoms with Crippen molar-refractivity contribution in [3.05, 3.63) is 54.2 Å². The second kappa shape index (κ2) is 6.99. The van der Waals surface area contributed by atoms with Gasteiger partial charge in [-0.15, -0.1) is 0 Å². The van der Waals surface area contributed by atoms with E-state index in [2.05, 4.69) is 25.8 Å². The van der Waals surface area contributed by atoms with Crippen LogP contribution in [0.4, 0.5) is 10.5 Å². The highest BCUT2D eigenvalue weighted by atomic mass is 16.3. The van der Waals surface area contributed by atoms with Gasteiger partial charge >= 0.3 is 6.03 Å². The Kier molecular flexibility index (Phi) is 4.60. The van der Waals surface area contributed by atoms with E-state index in [9.17, 15) is 4.79 Å². The molecule has 24 heavy (non-hydrogen) atoms. The highest BCUT2D eigenvalue weighted by molar-refractivity contribution is 5.90. The van der Waals surface area contributed by atoms with Gasteiger partial charge in [-0.05, 0) is 38.1 Å². The molecule has 3 rings (SSSR count). The Hall–Kier alpha value is -3.09. The molecule has 1 unspecified atom stereocenters. The zero-order valence-corrected chi connectivity index (χ0v) is 13.5. The summed E-state index contributed by atoms with van der Waals surface area (Å²) in [5.41, 5.74) is 3.40. The molecule has 2 amide bonds. The molecule has 0 saturated carbocycles. The summed E-state index contributed by atoms with van der Waals surface area (Å²) in [5.74, 6) is 0.515. The summed E-state index contributed by atoms with van der Waals surface area (Å²) in [6.45, 7) is 3.88. The number of urea groups is 1. The normalized spacial score (nSPS) is 11.9. The number of nitrogens with zero attached hydrogens (tertiary/aromatic N) is 2. The number of carbonyl (C=O) groups excluding carboxylic acids is 1. The molecule has 1 aromatic carbocycles. The Labute approximate surface area is 139 Å². The number of aromatic amines is 1. The number of aromatic nitrogens is 3. The Morgan fingerprint density at radius 2 is 2.25 bits per heavy atom. The van der Waals surface area contributed by atoms with Gasteiger partial charge in [-0.25, -0.2) is 9.78 Å². The number of carbonyl (C=O) groups is 1. The molecule has 0 aliphatic rings. The molecule has 3 aromatic rings. The zero-order chi connectivity index (χ0) is 16.9. The van der Waals surface area contributed by atoms with Gasteiger partial charge in [0.1, 0.15) is 6.26 Å². The van der Waals surface area contributed by atoms with Crippen LogP contribution in [0.25, 0.3) is 11.5 Å². The zero-order valence-electron chi connectivity index (χ0n) is 13.5. The first kappa shape index (κ1) is 15.8. The van der Waals surface area contributed by atoms with Crippen molar-refractivity contribution in [2.75, 3.05) is 5.32 Å². The first-order valence-corrected chi connectivity index (χ1v) is 7.68. The molecule has 1 atom stereocenters. The number of hydrogen-bond donors (Lipinski definition) is 3. The number of nitrogens with one attached hydrogen (secondary N) is 3. The van der Waals surface area contributed by atoms with E-state index in [0.29, 0.717) is 18.0 Å². The number of benzene rings is 1. The molecule has 0 aliphatic heterocycles. The molecule has 3 N–H and O–H groups in total. The minimum absolute atomic E-state index is 0.0392. The Bertz CT molecular complexity index is 810. The molecule has 0 saturated heterocycles. The largest absolute Gasteiger partial charge is 0.445 e. The summed E-state index contributed by atoms with van der Waals surface area (Å²) in [6, 6.07) is 9.00. The van der Waals surface area contributed by atoms with Crippen molar-refractivity contribution in [1.82, 2.24) is 20.5 Å². The van der Waals surface area contributed by atoms with Crippen LogP contribution in [-0.2, 0) is 6.42 Å². The monoisotopic (exact) mass is 325 g/mol. The Morgan fingerprint density at radius 1 is 1.38 bits per heavy atom. The predicted molar refractivity (Wildman–Crippen MR) is 90.6 cm³/mol. The third-order valence-electron chi connectivity index (χ3n) is 3.45. The lowest BCUT2D eigenvalue weighted by Crippen LogP contribution is -2.37. The summed E-state index contributed by atoms with van der Waals surface area (Å²) in [7, 11) is 0. The van der Waals surface area contributed by atoms with Crippen LogP contribution in [0.3, 0.4) is 0 Å². The second-order valence-electron chi connectivity index (χ2n) is 5.66. The van der Waals surface area contributed by atoms with Gasteiger partial charge < -0.3 is 15.1 Å². The van der Waals surface area contributed by atoms with Crippen molar-refractivity contribution in [2.45, 2.75) is 26.3 Å². The van der Waals surface area contributed by atoms with Gasteiger partial charge in [0, 0.05) is 29.4 Å². The van der Waals surface area contributed by atoms with Crippen molar-refractivity contribution < 1.29 is 9.21 Å². The average Bonchev–Trinajstić information content (AvgIpc) is 3.19. The van der Waals surface area contributed by atoms with Gasteiger partial charge in [0.25, 0.3) is 0 Å². The van der Waals surface area contributed by atoms with Crippen LogP contribution in [0.15, 0.2) is 47.2 Å². The van der Waals surface area contributed by atoms with E-state index >= 15 is 0 Å². The fourth-order valence-corrected chi connectivity index (χ4v) is 2.43. The molecule has 2 heterocycles. The Morgan fingerprint density at radius 3 is 2.96 bits per heavy atom. The number of H-pyrrole nitrogens is 1. The average molecular weight is 325 g/mol. The number of hydrogen-bond acceptors (Lipinski definition) is 4. The van der Waals surface area contributed by atoms with E-state index in [1.54, 1.807) is 6.20 Å². The standard InChI is InChI=1S/C17H19N5O2/c1-11(8-15-9-12(2)21-22-15)19-17(23)20-14-5-3-4-13(10-14)16-18-6-7-24-16/h3-7,9-11H,8H2,1-2H3,(H,21,22)(H2,19,20,23). The fraction of sp³-hybridized carbons (Fsp3) is 0.235. The fourth-order valence-electron chi connectivity index (χ4n) is 2.43. The second-order valence-corrected chi connectivity index (χ2v) is 5.66. The first-order chi connectivity index (χ1) is 11.6. The summed E-state index contributed by atoms with van der Waals surface area (Å²) in [4.78, 5) is 16.2. The molecule has 0 bridgehead atoms. The summed E-state index contributed by atoms with van der Waals surface area (Å²) in [6.07, 6.45) is 3.76. The van der Waals surface area contributed by atoms with Crippen LogP contribution in [0.1, 0.15) is 18.3 Å². The van der Waals surface area contributed by atoms with Gasteiger partial charge in [-0.3, -0.25) is 5.10 Å². The van der Waals surface area contributed by atoms with Gasteiger partial charge in [0.15, 0.2) is 0 Å². The van der Waals surface area contributed by atoms with Crippen molar-refractivity contribution >= 4 is 11.7 Å². The van der Waals surface area contributed by atoms with E-state index in [1.165, 1.54) is 6.26 Å². The van der Waals surface area contributed by atoms with Crippen molar-refractivity contribution in [2.24, 2.45) is 0 Å². The van der Waals surface area contributed by atoms with E-state index in [4.69, 9.17) is 4.42 Å². The molecule has 7 heteroatoms. The topological polar surface area (TPSA) is 95.8 Å². The third kappa shape index (κ3) is 4.01. The van der Waals surface area contributed by atoms with E-state index < -0.39 is 0 Å². The minimum Gasteiger partial charge on any atom is -0.445 e. The summed E-state index contributed by atoms with van der Waals surface area (Å²) in [5, 5.41) is 12.8. The van der Waals surface area contributed by atoms with Crippen molar-refractivity contribution in [3.63, 3.8) is 0 Å². The van der Waals surface area contributed by atoms with Crippen molar-refractivity contribution in [3.8, 4) is 11.5 Å². The number of anilines is 1. The number of oxazole rings is 1. The van der Waals surface area contributed by atoms with Gasteiger partial charge in [-0.1, -0.05) is 6.07 Å². The molecule has 124 valence electrons. The molecule has 0 spiro atoms. The van der Waals surface area contributed by atoms with Crippen molar-refractivity contribution in [1.29, 1.82) is 0 Å². The van der Waals surface area contributed by atoms with E-state index in [1.807, 2.05) is 44.2 Å². The SMILES string of the molecule is Cc1cc(CC(C)NC(=O)Nc2cccc(-c3ncco3)c2)n[nH]1. The van der Waals surface area contributed by atoms with Crippen LogP contribution in [-0.4, -0.2) is 27.3 Å². The first-order valence-electron chi connectivity index (χ1n) is 7.68. The maximum atomic E-state index is 12.1. The maximum absolute atomic E-state index is 12.1. The predicted octanol–water partition coefficient (Wildman–Crippen LogP) is 3.13. The number of aryl methyl sites for hydroxylation is 1. The van der Waals surface area contributed by atoms with Crippen LogP contribution in [0.2, 0.25) is 0 Å². The lowest BCUT2D eigenvalue weighted by molar-refractivity contribution is 0.249. The van der Waals surface area contributed by atoms with Crippen LogP contribution >= 0.6 is 0 Å². The van der Waals surface area contributed by atoms with Crippen LogP contribution in [0.5, 0.6) is 0 Å². The molecule has 2 aromatic heterocycles. The molecule has 0 fully saturated rings. The molecule has 7 nitrogen and oxygen atoms in total. The molecular formula is C17H19N5O2. The summed E-state index contributed by atoms with van der Waals surface area (Å²) < 4.78 is 5.26. The Balaban J connectivity index is 1.57. The van der Waals surface area contributed by atoms with Crippen LogP contribution < -0.4 is 10.6 Å². The smallest absolute Gasteiger partial charge is 0.319 e. The number of amides is 2. The van der Waals surface area contributed by atoms with Gasteiger partial charge in [0.2, 0.25) is 5.89 Å². The van der Waals surface area contributed by atoms with Crippen LogP contribution in [0, 0.1) is 6.92 Å². The summed E-state index contributed by atoms with van der Waals surface area (Å²) >= 11 is 0.